The Labute approximate surface area is 120 Å². The molecule has 2 atom stereocenters. The van der Waals surface area contributed by atoms with E-state index in [4.69, 9.17) is 15.3 Å². The summed E-state index contributed by atoms with van der Waals surface area (Å²) in [5.41, 5.74) is 3.84. The van der Waals surface area contributed by atoms with Crippen LogP contribution in [0.2, 0.25) is 0 Å². The number of thioether (sulfide) groups is 1. The number of benzene rings is 1. The number of hydrogen-bond acceptors (Lipinski definition) is 5. The van der Waals surface area contributed by atoms with Crippen molar-refractivity contribution >= 4 is 11.8 Å². The molecule has 0 aliphatic carbocycles. The number of nitrogens with one attached hydrogen (secondary N) is 1. The van der Waals surface area contributed by atoms with Gasteiger partial charge in [-0.2, -0.15) is 11.8 Å². The van der Waals surface area contributed by atoms with Gasteiger partial charge in [0.15, 0.2) is 0 Å². The van der Waals surface area contributed by atoms with E-state index in [1.165, 1.54) is 0 Å². The molecular weight excluding hydrogens is 260 g/mol. The van der Waals surface area contributed by atoms with E-state index < -0.39 is 0 Å². The van der Waals surface area contributed by atoms with E-state index in [9.17, 15) is 0 Å². The first-order chi connectivity index (χ1) is 9.17. The molecule has 5 heteroatoms. The van der Waals surface area contributed by atoms with Crippen LogP contribution in [0.5, 0.6) is 11.5 Å². The molecule has 1 rings (SSSR count). The molecule has 0 aliphatic rings. The van der Waals surface area contributed by atoms with Crippen LogP contribution >= 0.6 is 11.8 Å². The van der Waals surface area contributed by atoms with Crippen LogP contribution in [0.3, 0.4) is 0 Å². The van der Waals surface area contributed by atoms with Gasteiger partial charge in [-0.25, -0.2) is 0 Å². The fraction of sp³-hybridized carbons (Fsp3) is 0.571. The molecule has 1 aromatic carbocycles. The van der Waals surface area contributed by atoms with Gasteiger partial charge in [0.05, 0.1) is 25.8 Å². The van der Waals surface area contributed by atoms with Crippen LogP contribution in [0.15, 0.2) is 18.2 Å². The maximum absolute atomic E-state index is 5.71. The lowest BCUT2D eigenvalue weighted by atomic mass is 10.1. The highest BCUT2D eigenvalue weighted by molar-refractivity contribution is 7.99. The van der Waals surface area contributed by atoms with E-state index in [1.54, 1.807) is 14.2 Å². The lowest BCUT2D eigenvalue weighted by Gasteiger charge is -2.22. The Morgan fingerprint density at radius 2 is 1.84 bits per heavy atom. The number of ether oxygens (including phenoxy) is 2. The SMILES string of the molecule is CCC(C)SCC(NN)c1c(OC)cccc1OC. The van der Waals surface area contributed by atoms with Crippen LogP contribution in [0.1, 0.15) is 31.9 Å². The van der Waals surface area contributed by atoms with Crippen LogP contribution in [0, 0.1) is 0 Å². The van der Waals surface area contributed by atoms with Gasteiger partial charge in [0.2, 0.25) is 0 Å². The fourth-order valence-electron chi connectivity index (χ4n) is 1.82. The Morgan fingerprint density at radius 1 is 1.26 bits per heavy atom. The van der Waals surface area contributed by atoms with Crippen LogP contribution in [0.4, 0.5) is 0 Å². The summed E-state index contributed by atoms with van der Waals surface area (Å²) in [6, 6.07) is 5.77. The molecule has 0 bridgehead atoms. The zero-order chi connectivity index (χ0) is 14.3. The van der Waals surface area contributed by atoms with Gasteiger partial charge in [0.25, 0.3) is 0 Å². The van der Waals surface area contributed by atoms with E-state index in [0.29, 0.717) is 5.25 Å². The third-order valence-electron chi connectivity index (χ3n) is 3.14. The van der Waals surface area contributed by atoms with Gasteiger partial charge >= 0.3 is 0 Å². The maximum Gasteiger partial charge on any atom is 0.127 e. The van der Waals surface area contributed by atoms with E-state index in [0.717, 1.165) is 29.2 Å². The second-order valence-electron chi connectivity index (χ2n) is 4.35. The van der Waals surface area contributed by atoms with Crippen molar-refractivity contribution < 1.29 is 9.47 Å². The molecule has 1 aromatic rings. The molecule has 0 spiro atoms. The van der Waals surface area contributed by atoms with E-state index in [2.05, 4.69) is 19.3 Å². The summed E-state index contributed by atoms with van der Waals surface area (Å²) in [5, 5.41) is 0.608. The first kappa shape index (κ1) is 16.1. The third kappa shape index (κ3) is 4.30. The summed E-state index contributed by atoms with van der Waals surface area (Å²) in [6.45, 7) is 4.41. The Morgan fingerprint density at radius 3 is 2.26 bits per heavy atom. The highest BCUT2D eigenvalue weighted by atomic mass is 32.2. The van der Waals surface area contributed by atoms with Crippen molar-refractivity contribution in [3.05, 3.63) is 23.8 Å². The van der Waals surface area contributed by atoms with Gasteiger partial charge in [-0.3, -0.25) is 11.3 Å². The highest BCUT2D eigenvalue weighted by Gasteiger charge is 2.20. The predicted octanol–water partition coefficient (Wildman–Crippen LogP) is 2.74. The second-order valence-corrected chi connectivity index (χ2v) is 5.82. The number of methoxy groups -OCH3 is 2. The molecule has 0 saturated carbocycles. The average Bonchev–Trinajstić information content (AvgIpc) is 2.47. The van der Waals surface area contributed by atoms with Crippen LogP contribution < -0.4 is 20.7 Å². The number of hydrazine groups is 1. The molecule has 0 radical (unpaired) electrons. The maximum atomic E-state index is 5.71. The summed E-state index contributed by atoms with van der Waals surface area (Å²) in [4.78, 5) is 0. The van der Waals surface area contributed by atoms with Gasteiger partial charge in [-0.05, 0) is 18.6 Å². The minimum atomic E-state index is 0.00472. The van der Waals surface area contributed by atoms with Gasteiger partial charge in [0, 0.05) is 11.0 Å². The van der Waals surface area contributed by atoms with Gasteiger partial charge in [0.1, 0.15) is 11.5 Å². The van der Waals surface area contributed by atoms with E-state index in [-0.39, 0.29) is 6.04 Å². The van der Waals surface area contributed by atoms with Crippen molar-refractivity contribution in [2.24, 2.45) is 5.84 Å². The largest absolute Gasteiger partial charge is 0.496 e. The molecule has 0 heterocycles. The first-order valence-corrected chi connectivity index (χ1v) is 7.51. The van der Waals surface area contributed by atoms with Gasteiger partial charge < -0.3 is 9.47 Å². The monoisotopic (exact) mass is 284 g/mol. The number of rotatable bonds is 8. The normalized spacial score (nSPS) is 13.9. The standard InChI is InChI=1S/C14H24N2O2S/c1-5-10(2)19-9-11(16-15)14-12(17-3)7-6-8-13(14)18-4/h6-8,10-11,16H,5,9,15H2,1-4H3. The minimum Gasteiger partial charge on any atom is -0.496 e. The fourth-order valence-corrected chi connectivity index (χ4v) is 2.84. The van der Waals surface area contributed by atoms with Crippen molar-refractivity contribution in [1.82, 2.24) is 5.43 Å². The summed E-state index contributed by atoms with van der Waals surface area (Å²) in [5.74, 6) is 8.18. The molecular formula is C14H24N2O2S. The van der Waals surface area contributed by atoms with Crippen LogP contribution in [-0.4, -0.2) is 25.2 Å². The lowest BCUT2D eigenvalue weighted by molar-refractivity contribution is 0.375. The quantitative estimate of drug-likeness (QED) is 0.568. The molecule has 0 amide bonds. The third-order valence-corrected chi connectivity index (χ3v) is 4.57. The van der Waals surface area contributed by atoms with E-state index in [1.807, 2.05) is 30.0 Å². The topological polar surface area (TPSA) is 56.5 Å². The lowest BCUT2D eigenvalue weighted by Crippen LogP contribution is -2.30. The summed E-state index contributed by atoms with van der Waals surface area (Å²) in [7, 11) is 3.32. The zero-order valence-corrected chi connectivity index (χ0v) is 12.9. The predicted molar refractivity (Wildman–Crippen MR) is 81.8 cm³/mol. The van der Waals surface area contributed by atoms with Crippen LogP contribution in [-0.2, 0) is 0 Å². The first-order valence-electron chi connectivity index (χ1n) is 6.46. The number of hydrogen-bond donors (Lipinski definition) is 2. The molecule has 0 aromatic heterocycles. The van der Waals surface area contributed by atoms with E-state index >= 15 is 0 Å². The molecule has 19 heavy (non-hydrogen) atoms. The second kappa shape index (κ2) is 8.30. The minimum absolute atomic E-state index is 0.00472. The molecule has 0 fully saturated rings. The van der Waals surface area contributed by atoms with Gasteiger partial charge in [-0.1, -0.05) is 19.9 Å². The van der Waals surface area contributed by atoms with Crippen molar-refractivity contribution in [3.8, 4) is 11.5 Å². The Kier molecular flexibility index (Phi) is 7.05. The molecule has 0 saturated heterocycles. The molecule has 2 unspecified atom stereocenters. The Hall–Kier alpha value is -0.910. The van der Waals surface area contributed by atoms with Crippen molar-refractivity contribution in [2.75, 3.05) is 20.0 Å². The van der Waals surface area contributed by atoms with Crippen molar-refractivity contribution in [2.45, 2.75) is 31.6 Å². The Balaban J connectivity index is 2.95. The average molecular weight is 284 g/mol. The van der Waals surface area contributed by atoms with Gasteiger partial charge in [-0.15, -0.1) is 0 Å². The smallest absolute Gasteiger partial charge is 0.127 e. The molecule has 4 nitrogen and oxygen atoms in total. The van der Waals surface area contributed by atoms with Crippen molar-refractivity contribution in [3.63, 3.8) is 0 Å². The summed E-state index contributed by atoms with van der Waals surface area (Å²) < 4.78 is 10.8. The number of nitrogens with two attached hydrogens (primary N) is 1. The molecule has 108 valence electrons. The molecule has 3 N–H and O–H groups in total. The highest BCUT2D eigenvalue weighted by Crippen LogP contribution is 2.35. The Bertz CT molecular complexity index is 365. The summed E-state index contributed by atoms with van der Waals surface area (Å²) >= 11 is 1.89. The molecule has 0 aliphatic heterocycles. The summed E-state index contributed by atoms with van der Waals surface area (Å²) in [6.07, 6.45) is 1.14. The zero-order valence-electron chi connectivity index (χ0n) is 12.1. The van der Waals surface area contributed by atoms with Crippen LogP contribution in [0.25, 0.3) is 0 Å². The van der Waals surface area contributed by atoms with Crippen molar-refractivity contribution in [1.29, 1.82) is 0 Å².